The van der Waals surface area contributed by atoms with Gasteiger partial charge in [-0.25, -0.2) is 9.37 Å². The molecule has 0 radical (unpaired) electrons. The van der Waals surface area contributed by atoms with Gasteiger partial charge >= 0.3 is 6.18 Å². The molecule has 4 nitrogen and oxygen atoms in total. The van der Waals surface area contributed by atoms with Crippen LogP contribution in [0.4, 0.5) is 17.6 Å². The number of likely N-dealkylation sites (tertiary alicyclic amines) is 1. The fraction of sp³-hybridized carbons (Fsp3) is 0.360. The Morgan fingerprint density at radius 2 is 1.68 bits per heavy atom. The number of carbonyl (C=O) groups excluding carboxylic acids is 1. The zero-order valence-electron chi connectivity index (χ0n) is 18.5. The molecule has 1 saturated heterocycles. The minimum absolute atomic E-state index is 0.0786. The van der Waals surface area contributed by atoms with Crippen molar-refractivity contribution in [2.75, 3.05) is 13.1 Å². The highest BCUT2D eigenvalue weighted by atomic mass is 32.1. The molecule has 9 heteroatoms. The second kappa shape index (κ2) is 10.7. The zero-order chi connectivity index (χ0) is 24.1. The van der Waals surface area contributed by atoms with Crippen LogP contribution < -0.4 is 0 Å². The summed E-state index contributed by atoms with van der Waals surface area (Å²) in [6.07, 6.45) is -1.31. The van der Waals surface area contributed by atoms with Crippen molar-refractivity contribution in [2.24, 2.45) is 0 Å². The van der Waals surface area contributed by atoms with Gasteiger partial charge in [0.25, 0.3) is 5.91 Å². The van der Waals surface area contributed by atoms with Crippen LogP contribution in [0.1, 0.15) is 51.4 Å². The first-order valence-electron chi connectivity index (χ1n) is 11.1. The van der Waals surface area contributed by atoms with Crippen LogP contribution in [0.2, 0.25) is 0 Å². The van der Waals surface area contributed by atoms with E-state index in [2.05, 4.69) is 4.98 Å². The maximum Gasteiger partial charge on any atom is 0.416 e. The van der Waals surface area contributed by atoms with Gasteiger partial charge in [0, 0.05) is 31.6 Å². The molecule has 1 fully saturated rings. The van der Waals surface area contributed by atoms with E-state index in [1.807, 2.05) is 9.80 Å². The van der Waals surface area contributed by atoms with Crippen LogP contribution in [-0.4, -0.2) is 33.8 Å². The summed E-state index contributed by atoms with van der Waals surface area (Å²) < 4.78 is 52.9. The molecular formula is C25H25F4N3OS. The molecule has 0 saturated carbocycles. The monoisotopic (exact) mass is 491 g/mol. The lowest BCUT2D eigenvalue weighted by Gasteiger charge is -2.25. The molecule has 1 aliphatic heterocycles. The van der Waals surface area contributed by atoms with E-state index in [1.165, 1.54) is 29.5 Å². The number of benzene rings is 2. The molecule has 34 heavy (non-hydrogen) atoms. The van der Waals surface area contributed by atoms with Crippen molar-refractivity contribution in [1.82, 2.24) is 14.8 Å². The molecule has 0 N–H and O–H groups in total. The van der Waals surface area contributed by atoms with Gasteiger partial charge in [-0.1, -0.05) is 30.3 Å². The van der Waals surface area contributed by atoms with Crippen LogP contribution in [0.3, 0.4) is 0 Å². The van der Waals surface area contributed by atoms with Crippen LogP contribution in [0, 0.1) is 5.82 Å². The van der Waals surface area contributed by atoms with Crippen molar-refractivity contribution >= 4 is 17.2 Å². The topological polar surface area (TPSA) is 36.4 Å². The first-order chi connectivity index (χ1) is 16.3. The number of nitrogens with zero attached hydrogens (tertiary/aromatic N) is 3. The molecule has 0 atom stereocenters. The summed E-state index contributed by atoms with van der Waals surface area (Å²) in [5.74, 6) is -0.431. The average Bonchev–Trinajstić information content (AvgIpc) is 3.28. The third-order valence-corrected chi connectivity index (χ3v) is 6.59. The number of rotatable bonds is 7. The van der Waals surface area contributed by atoms with Crippen LogP contribution in [0.15, 0.2) is 53.9 Å². The predicted octanol–water partition coefficient (Wildman–Crippen LogP) is 6.13. The Morgan fingerprint density at radius 1 is 0.971 bits per heavy atom. The van der Waals surface area contributed by atoms with Gasteiger partial charge in [0.15, 0.2) is 0 Å². The number of carbonyl (C=O) groups is 1. The highest BCUT2D eigenvalue weighted by molar-refractivity contribution is 7.09. The Kier molecular flexibility index (Phi) is 7.63. The highest BCUT2D eigenvalue weighted by Gasteiger charge is 2.30. The lowest BCUT2D eigenvalue weighted by Crippen LogP contribution is -2.35. The van der Waals surface area contributed by atoms with Crippen molar-refractivity contribution in [3.05, 3.63) is 87.1 Å². The molecular weight excluding hydrogens is 466 g/mol. The molecule has 2 heterocycles. The molecule has 0 unspecified atom stereocenters. The van der Waals surface area contributed by atoms with E-state index in [0.29, 0.717) is 29.4 Å². The third-order valence-electron chi connectivity index (χ3n) is 5.75. The van der Waals surface area contributed by atoms with Gasteiger partial charge in [-0.15, -0.1) is 11.3 Å². The number of hydrogen-bond donors (Lipinski definition) is 0. The van der Waals surface area contributed by atoms with Gasteiger partial charge in [0.2, 0.25) is 0 Å². The summed E-state index contributed by atoms with van der Waals surface area (Å²) in [4.78, 5) is 21.0. The van der Waals surface area contributed by atoms with Crippen molar-refractivity contribution in [3.8, 4) is 0 Å². The molecule has 3 aromatic rings. The van der Waals surface area contributed by atoms with E-state index in [9.17, 15) is 22.4 Å². The van der Waals surface area contributed by atoms with E-state index in [-0.39, 0.29) is 18.3 Å². The molecule has 1 aliphatic rings. The smallest absolute Gasteiger partial charge is 0.337 e. The van der Waals surface area contributed by atoms with E-state index in [1.54, 1.807) is 23.6 Å². The summed E-state index contributed by atoms with van der Waals surface area (Å²) >= 11 is 1.36. The number of thiazole rings is 1. The van der Waals surface area contributed by atoms with E-state index in [4.69, 9.17) is 0 Å². The average molecular weight is 492 g/mol. The molecule has 4 rings (SSSR count). The van der Waals surface area contributed by atoms with Crippen molar-refractivity contribution in [3.63, 3.8) is 0 Å². The minimum Gasteiger partial charge on any atom is -0.337 e. The Balaban J connectivity index is 1.52. The summed E-state index contributed by atoms with van der Waals surface area (Å²) in [7, 11) is 0. The van der Waals surface area contributed by atoms with Gasteiger partial charge < -0.3 is 4.90 Å². The van der Waals surface area contributed by atoms with E-state index >= 15 is 0 Å². The maximum absolute atomic E-state index is 13.3. The molecule has 1 amide bonds. The van der Waals surface area contributed by atoms with Gasteiger partial charge in [-0.2, -0.15) is 13.2 Å². The van der Waals surface area contributed by atoms with E-state index in [0.717, 1.165) is 50.0 Å². The number of amides is 1. The normalized spacial score (nSPS) is 14.6. The maximum atomic E-state index is 13.3. The standard InChI is InChI=1S/C25H25F4N3OS/c26-21-9-7-18(8-10-21)14-31(15-19-5-4-6-20(13-19)25(27,28)29)16-23-30-22(17-34-23)24(33)32-11-2-1-3-12-32/h4-10,13,17H,1-3,11-12,14-16H2. The highest BCUT2D eigenvalue weighted by Crippen LogP contribution is 2.30. The van der Waals surface area contributed by atoms with Gasteiger partial charge in [0.05, 0.1) is 12.1 Å². The van der Waals surface area contributed by atoms with Crippen LogP contribution in [-0.2, 0) is 25.8 Å². The van der Waals surface area contributed by atoms with Crippen molar-refractivity contribution in [2.45, 2.75) is 45.1 Å². The first-order valence-corrected chi connectivity index (χ1v) is 12.0. The summed E-state index contributed by atoms with van der Waals surface area (Å²) in [6.45, 7) is 2.46. The number of aromatic nitrogens is 1. The quantitative estimate of drug-likeness (QED) is 0.373. The SMILES string of the molecule is O=C(c1csc(CN(Cc2ccc(F)cc2)Cc2cccc(C(F)(F)F)c2)n1)N1CCCCC1. The Hall–Kier alpha value is -2.78. The van der Waals surface area contributed by atoms with Crippen LogP contribution >= 0.6 is 11.3 Å². The molecule has 180 valence electrons. The number of alkyl halides is 3. The summed E-state index contributed by atoms with van der Waals surface area (Å²) in [5.41, 5.74) is 1.05. The fourth-order valence-electron chi connectivity index (χ4n) is 4.05. The largest absolute Gasteiger partial charge is 0.416 e. The third kappa shape index (κ3) is 6.42. The molecule has 0 aliphatic carbocycles. The lowest BCUT2D eigenvalue weighted by atomic mass is 10.1. The van der Waals surface area contributed by atoms with Gasteiger partial charge in [-0.05, 0) is 48.6 Å². The molecule has 0 bridgehead atoms. The van der Waals surface area contributed by atoms with Crippen molar-refractivity contribution < 1.29 is 22.4 Å². The molecule has 0 spiro atoms. The predicted molar refractivity (Wildman–Crippen MR) is 123 cm³/mol. The van der Waals surface area contributed by atoms with Crippen molar-refractivity contribution in [1.29, 1.82) is 0 Å². The second-order valence-electron chi connectivity index (χ2n) is 8.45. The summed E-state index contributed by atoms with van der Waals surface area (Å²) in [6, 6.07) is 11.3. The first kappa shape index (κ1) is 24.3. The Morgan fingerprint density at radius 3 is 2.38 bits per heavy atom. The zero-order valence-corrected chi connectivity index (χ0v) is 19.3. The molecule has 1 aromatic heterocycles. The van der Waals surface area contributed by atoms with Gasteiger partial charge in [0.1, 0.15) is 16.5 Å². The van der Waals surface area contributed by atoms with E-state index < -0.39 is 11.7 Å². The van der Waals surface area contributed by atoms with Crippen LogP contribution in [0.25, 0.3) is 0 Å². The summed E-state index contributed by atoms with van der Waals surface area (Å²) in [5, 5.41) is 2.45. The Bertz CT molecular complexity index is 1110. The number of hydrogen-bond acceptors (Lipinski definition) is 4. The second-order valence-corrected chi connectivity index (χ2v) is 9.39. The van der Waals surface area contributed by atoms with Crippen LogP contribution in [0.5, 0.6) is 0 Å². The van der Waals surface area contributed by atoms with Gasteiger partial charge in [-0.3, -0.25) is 9.69 Å². The minimum atomic E-state index is -4.42. The Labute approximate surface area is 199 Å². The lowest BCUT2D eigenvalue weighted by molar-refractivity contribution is -0.137. The molecule has 2 aromatic carbocycles. The number of halogens is 4. The number of piperidine rings is 1. The fourth-order valence-corrected chi connectivity index (χ4v) is 4.86.